The molecular formula is C17H16O. The van der Waals surface area contributed by atoms with Crippen LogP contribution in [0.3, 0.4) is 0 Å². The Balaban J connectivity index is 2.21. The molecule has 3 rings (SSSR count). The molecule has 0 saturated heterocycles. The topological polar surface area (TPSA) is 17.1 Å². The molecule has 0 saturated carbocycles. The summed E-state index contributed by atoms with van der Waals surface area (Å²) in [5, 5.41) is 0. The molecule has 2 aromatic carbocycles. The van der Waals surface area contributed by atoms with E-state index in [-0.39, 0.29) is 5.78 Å². The second-order valence-corrected chi connectivity index (χ2v) is 5.13. The summed E-state index contributed by atoms with van der Waals surface area (Å²) in [5.74, 6) is 0.288. The van der Waals surface area contributed by atoms with Gasteiger partial charge in [0, 0.05) is 12.0 Å². The van der Waals surface area contributed by atoms with Gasteiger partial charge in [0.15, 0.2) is 5.78 Å². The highest BCUT2D eigenvalue weighted by Crippen LogP contribution is 2.33. The van der Waals surface area contributed by atoms with Gasteiger partial charge in [-0.15, -0.1) is 0 Å². The normalized spacial score (nSPS) is 13.8. The molecule has 1 heteroatoms. The van der Waals surface area contributed by atoms with Crippen molar-refractivity contribution in [2.24, 2.45) is 0 Å². The van der Waals surface area contributed by atoms with E-state index in [2.05, 4.69) is 38.1 Å². The van der Waals surface area contributed by atoms with Crippen molar-refractivity contribution in [1.29, 1.82) is 0 Å². The highest BCUT2D eigenvalue weighted by Gasteiger charge is 2.22. The summed E-state index contributed by atoms with van der Waals surface area (Å²) in [7, 11) is 0. The zero-order valence-electron chi connectivity index (χ0n) is 10.8. The van der Waals surface area contributed by atoms with Gasteiger partial charge in [-0.3, -0.25) is 4.79 Å². The van der Waals surface area contributed by atoms with Crippen molar-refractivity contribution in [3.63, 3.8) is 0 Å². The molecule has 0 unspecified atom stereocenters. The minimum atomic E-state index is 0.288. The Morgan fingerprint density at radius 3 is 2.28 bits per heavy atom. The van der Waals surface area contributed by atoms with E-state index in [4.69, 9.17) is 0 Å². The molecule has 1 aliphatic carbocycles. The number of rotatable bonds is 1. The van der Waals surface area contributed by atoms with Gasteiger partial charge in [-0.05, 0) is 37.0 Å². The van der Waals surface area contributed by atoms with Gasteiger partial charge < -0.3 is 0 Å². The lowest BCUT2D eigenvalue weighted by Crippen LogP contribution is -1.92. The fourth-order valence-electron chi connectivity index (χ4n) is 2.89. The van der Waals surface area contributed by atoms with Gasteiger partial charge >= 0.3 is 0 Å². The van der Waals surface area contributed by atoms with Crippen LogP contribution in [0, 0.1) is 13.8 Å². The fourth-order valence-corrected chi connectivity index (χ4v) is 2.89. The summed E-state index contributed by atoms with van der Waals surface area (Å²) in [4.78, 5) is 11.8. The quantitative estimate of drug-likeness (QED) is 0.728. The molecule has 0 N–H and O–H groups in total. The summed E-state index contributed by atoms with van der Waals surface area (Å²) < 4.78 is 0. The van der Waals surface area contributed by atoms with E-state index in [1.54, 1.807) is 0 Å². The summed E-state index contributed by atoms with van der Waals surface area (Å²) in [6.45, 7) is 4.23. The van der Waals surface area contributed by atoms with Crippen LogP contribution in [0.5, 0.6) is 0 Å². The van der Waals surface area contributed by atoms with Crippen LogP contribution in [0.15, 0.2) is 36.4 Å². The molecule has 1 aliphatic rings. The van der Waals surface area contributed by atoms with Crippen LogP contribution in [0.25, 0.3) is 11.1 Å². The minimum Gasteiger partial charge on any atom is -0.294 e. The lowest BCUT2D eigenvalue weighted by Gasteiger charge is -2.10. The molecule has 90 valence electrons. The van der Waals surface area contributed by atoms with Gasteiger partial charge in [-0.25, -0.2) is 0 Å². The van der Waals surface area contributed by atoms with Crippen LogP contribution in [0.4, 0.5) is 0 Å². The average Bonchev–Trinajstić information content (AvgIpc) is 2.70. The SMILES string of the molecule is Cc1cc(C)cc(-c2cccc3c2CCC3=O)c1. The van der Waals surface area contributed by atoms with Crippen molar-refractivity contribution in [2.75, 3.05) is 0 Å². The Morgan fingerprint density at radius 1 is 0.889 bits per heavy atom. The predicted molar refractivity (Wildman–Crippen MR) is 74.0 cm³/mol. The molecule has 0 spiro atoms. The van der Waals surface area contributed by atoms with E-state index in [9.17, 15) is 4.79 Å². The summed E-state index contributed by atoms with van der Waals surface area (Å²) in [6, 6.07) is 12.7. The third-order valence-corrected chi connectivity index (χ3v) is 3.61. The van der Waals surface area contributed by atoms with Gasteiger partial charge in [0.25, 0.3) is 0 Å². The zero-order chi connectivity index (χ0) is 12.7. The number of hydrogen-bond donors (Lipinski definition) is 0. The van der Waals surface area contributed by atoms with Gasteiger partial charge in [0.05, 0.1) is 0 Å². The lowest BCUT2D eigenvalue weighted by atomic mass is 9.94. The van der Waals surface area contributed by atoms with E-state index in [0.717, 1.165) is 12.0 Å². The van der Waals surface area contributed by atoms with Crippen LogP contribution in [-0.2, 0) is 6.42 Å². The number of Topliss-reactive ketones (excluding diaryl/α,β-unsaturated/α-hetero) is 1. The monoisotopic (exact) mass is 236 g/mol. The third-order valence-electron chi connectivity index (χ3n) is 3.61. The van der Waals surface area contributed by atoms with Gasteiger partial charge in [-0.1, -0.05) is 47.5 Å². The maximum Gasteiger partial charge on any atom is 0.163 e. The molecule has 0 amide bonds. The lowest BCUT2D eigenvalue weighted by molar-refractivity contribution is 0.0994. The zero-order valence-corrected chi connectivity index (χ0v) is 10.8. The van der Waals surface area contributed by atoms with Crippen LogP contribution < -0.4 is 0 Å². The molecule has 0 bridgehead atoms. The maximum atomic E-state index is 11.8. The first-order valence-corrected chi connectivity index (χ1v) is 6.39. The van der Waals surface area contributed by atoms with Gasteiger partial charge in [0.1, 0.15) is 0 Å². The maximum absolute atomic E-state index is 11.8. The molecule has 0 aromatic heterocycles. The summed E-state index contributed by atoms with van der Waals surface area (Å²) in [5.41, 5.74) is 7.15. The Hall–Kier alpha value is -1.89. The molecule has 0 heterocycles. The number of carbonyl (C=O) groups is 1. The van der Waals surface area contributed by atoms with Gasteiger partial charge in [0.2, 0.25) is 0 Å². The Morgan fingerprint density at radius 2 is 1.56 bits per heavy atom. The predicted octanol–water partition coefficient (Wildman–Crippen LogP) is 4.10. The summed E-state index contributed by atoms with van der Waals surface area (Å²) >= 11 is 0. The number of aryl methyl sites for hydroxylation is 2. The molecule has 0 fully saturated rings. The van der Waals surface area contributed by atoms with Crippen LogP contribution in [-0.4, -0.2) is 5.78 Å². The third kappa shape index (κ3) is 1.76. The number of hydrogen-bond acceptors (Lipinski definition) is 1. The van der Waals surface area contributed by atoms with Crippen LogP contribution in [0.1, 0.15) is 33.5 Å². The van der Waals surface area contributed by atoms with Gasteiger partial charge in [-0.2, -0.15) is 0 Å². The molecule has 2 aromatic rings. The second-order valence-electron chi connectivity index (χ2n) is 5.13. The summed E-state index contributed by atoms with van der Waals surface area (Å²) in [6.07, 6.45) is 1.55. The van der Waals surface area contributed by atoms with Crippen molar-refractivity contribution in [2.45, 2.75) is 26.7 Å². The van der Waals surface area contributed by atoms with Crippen molar-refractivity contribution in [3.8, 4) is 11.1 Å². The standard InChI is InChI=1S/C17H16O/c1-11-8-12(2)10-13(9-11)14-4-3-5-16-15(14)6-7-17(16)18/h3-5,8-10H,6-7H2,1-2H3. The van der Waals surface area contributed by atoms with Crippen molar-refractivity contribution < 1.29 is 4.79 Å². The first-order chi connectivity index (χ1) is 8.65. The number of benzene rings is 2. The first-order valence-electron chi connectivity index (χ1n) is 6.39. The van der Waals surface area contributed by atoms with E-state index in [1.807, 2.05) is 12.1 Å². The molecule has 0 radical (unpaired) electrons. The van der Waals surface area contributed by atoms with E-state index < -0.39 is 0 Å². The molecule has 18 heavy (non-hydrogen) atoms. The van der Waals surface area contributed by atoms with Crippen LogP contribution >= 0.6 is 0 Å². The molecule has 1 nitrogen and oxygen atoms in total. The number of carbonyl (C=O) groups excluding carboxylic acids is 1. The first kappa shape index (κ1) is 11.2. The van der Waals surface area contributed by atoms with E-state index in [0.29, 0.717) is 6.42 Å². The average molecular weight is 236 g/mol. The minimum absolute atomic E-state index is 0.288. The number of fused-ring (bicyclic) bond motifs is 1. The smallest absolute Gasteiger partial charge is 0.163 e. The second kappa shape index (κ2) is 4.09. The van der Waals surface area contributed by atoms with E-state index >= 15 is 0 Å². The molecule has 0 atom stereocenters. The Bertz CT molecular complexity index is 618. The Labute approximate surface area is 107 Å². The largest absolute Gasteiger partial charge is 0.294 e. The number of ketones is 1. The molecule has 0 aliphatic heterocycles. The van der Waals surface area contributed by atoms with Crippen molar-refractivity contribution >= 4 is 5.78 Å². The van der Waals surface area contributed by atoms with Crippen molar-refractivity contribution in [1.82, 2.24) is 0 Å². The van der Waals surface area contributed by atoms with Crippen LogP contribution in [0.2, 0.25) is 0 Å². The van der Waals surface area contributed by atoms with E-state index in [1.165, 1.54) is 27.8 Å². The van der Waals surface area contributed by atoms with Crippen molar-refractivity contribution in [3.05, 3.63) is 58.7 Å². The fraction of sp³-hybridized carbons (Fsp3) is 0.235. The molecular weight excluding hydrogens is 220 g/mol. The Kier molecular flexibility index (Phi) is 2.55. The highest BCUT2D eigenvalue weighted by molar-refractivity contribution is 6.02. The highest BCUT2D eigenvalue weighted by atomic mass is 16.1.